The summed E-state index contributed by atoms with van der Waals surface area (Å²) in [5.74, 6) is 1.46. The van der Waals surface area contributed by atoms with Crippen molar-refractivity contribution in [3.8, 4) is 17.1 Å². The van der Waals surface area contributed by atoms with E-state index in [1.165, 1.54) is 10.4 Å². The van der Waals surface area contributed by atoms with E-state index in [0.29, 0.717) is 17.9 Å². The average Bonchev–Trinajstić information content (AvgIpc) is 3.29. The van der Waals surface area contributed by atoms with Gasteiger partial charge >= 0.3 is 0 Å². The van der Waals surface area contributed by atoms with Crippen LogP contribution in [0.3, 0.4) is 0 Å². The van der Waals surface area contributed by atoms with E-state index in [9.17, 15) is 4.79 Å². The molecule has 0 spiro atoms. The number of aryl methyl sites for hydroxylation is 3. The molecule has 7 heteroatoms. The number of benzene rings is 2. The van der Waals surface area contributed by atoms with Crippen LogP contribution in [0.25, 0.3) is 16.3 Å². The summed E-state index contributed by atoms with van der Waals surface area (Å²) in [6.45, 7) is 6.67. The number of carbonyl (C=O) groups is 1. The lowest BCUT2D eigenvalue weighted by Gasteiger charge is -2.07. The Morgan fingerprint density at radius 1 is 1.10 bits per heavy atom. The number of methoxy groups -OCH3 is 1. The van der Waals surface area contributed by atoms with E-state index < -0.39 is 0 Å². The van der Waals surface area contributed by atoms with Crippen molar-refractivity contribution in [2.24, 2.45) is 0 Å². The van der Waals surface area contributed by atoms with E-state index in [4.69, 9.17) is 4.74 Å². The van der Waals surface area contributed by atoms with Crippen LogP contribution in [0.2, 0.25) is 0 Å². The van der Waals surface area contributed by atoms with Crippen molar-refractivity contribution in [2.75, 3.05) is 13.7 Å². The molecule has 0 fully saturated rings. The lowest BCUT2D eigenvalue weighted by atomic mass is 10.1. The highest BCUT2D eigenvalue weighted by atomic mass is 32.1. The van der Waals surface area contributed by atoms with Gasteiger partial charge in [0.05, 0.1) is 12.8 Å². The van der Waals surface area contributed by atoms with Crippen LogP contribution >= 0.6 is 11.3 Å². The number of nitrogens with one attached hydrogen (secondary N) is 1. The molecular formula is C23H24N4O2S. The number of nitrogens with zero attached hydrogens (tertiary/aromatic N) is 3. The molecule has 0 unspecified atom stereocenters. The molecule has 1 amide bonds. The topological polar surface area (TPSA) is 68.5 Å². The van der Waals surface area contributed by atoms with Crippen molar-refractivity contribution < 1.29 is 9.53 Å². The molecule has 2 heterocycles. The van der Waals surface area contributed by atoms with Crippen LogP contribution in [0.4, 0.5) is 0 Å². The van der Waals surface area contributed by atoms with Crippen molar-refractivity contribution in [1.29, 1.82) is 0 Å². The van der Waals surface area contributed by atoms with Gasteiger partial charge in [0.25, 0.3) is 5.91 Å². The zero-order chi connectivity index (χ0) is 21.3. The minimum Gasteiger partial charge on any atom is -0.497 e. The van der Waals surface area contributed by atoms with Gasteiger partial charge in [0.2, 0.25) is 4.96 Å². The molecule has 0 saturated carbocycles. The summed E-state index contributed by atoms with van der Waals surface area (Å²) in [6.07, 6.45) is 0.746. The maximum Gasteiger partial charge on any atom is 0.251 e. The summed E-state index contributed by atoms with van der Waals surface area (Å²) in [5.41, 5.74) is 5.01. The lowest BCUT2D eigenvalue weighted by molar-refractivity contribution is 0.0954. The molecule has 2 aromatic carbocycles. The summed E-state index contributed by atoms with van der Waals surface area (Å²) >= 11 is 1.61. The third-order valence-electron chi connectivity index (χ3n) is 5.27. The van der Waals surface area contributed by atoms with Crippen LogP contribution in [0.5, 0.6) is 5.75 Å². The summed E-state index contributed by atoms with van der Waals surface area (Å²) in [6, 6.07) is 13.5. The molecule has 6 nitrogen and oxygen atoms in total. The van der Waals surface area contributed by atoms with E-state index in [-0.39, 0.29) is 5.91 Å². The molecule has 0 aliphatic carbocycles. The molecule has 2 aromatic heterocycles. The highest BCUT2D eigenvalue weighted by Crippen LogP contribution is 2.26. The maximum atomic E-state index is 12.4. The fourth-order valence-corrected chi connectivity index (χ4v) is 4.31. The first-order valence-electron chi connectivity index (χ1n) is 9.81. The number of hydrogen-bond acceptors (Lipinski definition) is 5. The lowest BCUT2D eigenvalue weighted by Crippen LogP contribution is -2.25. The van der Waals surface area contributed by atoms with Gasteiger partial charge in [-0.25, -0.2) is 4.52 Å². The Balaban J connectivity index is 1.43. The second-order valence-corrected chi connectivity index (χ2v) is 8.34. The molecule has 0 aliphatic rings. The highest BCUT2D eigenvalue weighted by Gasteiger charge is 2.15. The number of hydrogen-bond donors (Lipinski definition) is 1. The second-order valence-electron chi connectivity index (χ2n) is 7.27. The normalized spacial score (nSPS) is 11.1. The van der Waals surface area contributed by atoms with Crippen LogP contribution in [-0.2, 0) is 6.42 Å². The Bertz CT molecular complexity index is 1210. The minimum absolute atomic E-state index is 0.0444. The Hall–Kier alpha value is -3.19. The molecule has 0 bridgehead atoms. The first kappa shape index (κ1) is 20.1. The van der Waals surface area contributed by atoms with E-state index in [1.807, 2.05) is 67.8 Å². The Morgan fingerprint density at radius 3 is 2.53 bits per heavy atom. The van der Waals surface area contributed by atoms with Crippen molar-refractivity contribution in [2.45, 2.75) is 27.2 Å². The zero-order valence-electron chi connectivity index (χ0n) is 17.5. The quantitative estimate of drug-likeness (QED) is 0.503. The Morgan fingerprint density at radius 2 is 1.87 bits per heavy atom. The predicted octanol–water partition coefficient (Wildman–Crippen LogP) is 4.36. The molecule has 0 saturated heterocycles. The van der Waals surface area contributed by atoms with Crippen LogP contribution in [0.1, 0.15) is 32.1 Å². The third kappa shape index (κ3) is 3.93. The highest BCUT2D eigenvalue weighted by molar-refractivity contribution is 7.17. The molecule has 0 atom stereocenters. The van der Waals surface area contributed by atoms with Gasteiger partial charge in [0.15, 0.2) is 5.82 Å². The number of aromatic nitrogens is 3. The first-order chi connectivity index (χ1) is 14.5. The van der Waals surface area contributed by atoms with E-state index >= 15 is 0 Å². The summed E-state index contributed by atoms with van der Waals surface area (Å²) in [7, 11) is 1.65. The summed E-state index contributed by atoms with van der Waals surface area (Å²) in [4.78, 5) is 19.1. The molecule has 0 radical (unpaired) electrons. The maximum absolute atomic E-state index is 12.4. The van der Waals surface area contributed by atoms with Crippen molar-refractivity contribution in [3.05, 3.63) is 69.7 Å². The molecule has 30 heavy (non-hydrogen) atoms. The van der Waals surface area contributed by atoms with E-state index in [2.05, 4.69) is 15.4 Å². The zero-order valence-corrected chi connectivity index (χ0v) is 18.3. The second kappa shape index (κ2) is 8.28. The van der Waals surface area contributed by atoms with Gasteiger partial charge in [-0.15, -0.1) is 5.10 Å². The van der Waals surface area contributed by atoms with E-state index in [1.54, 1.807) is 18.4 Å². The molecular weight excluding hydrogens is 396 g/mol. The summed E-state index contributed by atoms with van der Waals surface area (Å²) < 4.78 is 7.08. The van der Waals surface area contributed by atoms with Crippen molar-refractivity contribution in [1.82, 2.24) is 19.9 Å². The molecule has 4 aromatic rings. The van der Waals surface area contributed by atoms with Gasteiger partial charge in [0, 0.05) is 29.0 Å². The number of thiazole rings is 1. The van der Waals surface area contributed by atoms with E-state index in [0.717, 1.165) is 34.0 Å². The van der Waals surface area contributed by atoms with Gasteiger partial charge in [0.1, 0.15) is 5.75 Å². The molecule has 1 N–H and O–H groups in total. The first-order valence-corrected chi connectivity index (χ1v) is 10.6. The molecule has 4 rings (SSSR count). The van der Waals surface area contributed by atoms with Crippen LogP contribution in [-0.4, -0.2) is 34.2 Å². The molecule has 0 aliphatic heterocycles. The van der Waals surface area contributed by atoms with Crippen molar-refractivity contribution >= 4 is 22.2 Å². The van der Waals surface area contributed by atoms with Crippen LogP contribution < -0.4 is 10.1 Å². The smallest absolute Gasteiger partial charge is 0.251 e. The van der Waals surface area contributed by atoms with Crippen LogP contribution in [0, 0.1) is 20.8 Å². The average molecular weight is 421 g/mol. The van der Waals surface area contributed by atoms with Crippen LogP contribution in [0.15, 0.2) is 42.5 Å². The van der Waals surface area contributed by atoms with Gasteiger partial charge in [-0.3, -0.25) is 4.79 Å². The Kier molecular flexibility index (Phi) is 5.55. The Labute approximate surface area is 179 Å². The summed E-state index contributed by atoms with van der Waals surface area (Å²) in [5, 5.41) is 7.67. The van der Waals surface area contributed by atoms with Gasteiger partial charge in [-0.2, -0.15) is 4.98 Å². The van der Waals surface area contributed by atoms with Gasteiger partial charge in [-0.1, -0.05) is 17.4 Å². The predicted molar refractivity (Wildman–Crippen MR) is 120 cm³/mol. The molecule has 154 valence electrons. The fraction of sp³-hybridized carbons (Fsp3) is 0.261. The number of carbonyl (C=O) groups excluding carboxylic acids is 1. The third-order valence-corrected chi connectivity index (χ3v) is 6.46. The van der Waals surface area contributed by atoms with Gasteiger partial charge < -0.3 is 10.1 Å². The van der Waals surface area contributed by atoms with Crippen molar-refractivity contribution in [3.63, 3.8) is 0 Å². The standard InChI is InChI=1S/C23H24N4O2S/c1-14-5-6-18(13-15(14)2)22(28)24-12-11-20-16(3)27-23(30-20)25-21(26-27)17-7-9-19(29-4)10-8-17/h5-10,13H,11-12H2,1-4H3,(H,24,28). The number of rotatable bonds is 6. The number of fused-ring (bicyclic) bond motifs is 1. The minimum atomic E-state index is -0.0444. The largest absolute Gasteiger partial charge is 0.497 e. The SMILES string of the molecule is COc1ccc(-c2nc3sc(CCNC(=O)c4ccc(C)c(C)c4)c(C)n3n2)cc1. The van der Waals surface area contributed by atoms with Gasteiger partial charge in [-0.05, 0) is 68.3 Å². The number of amides is 1. The number of ether oxygens (including phenoxy) is 1. The fourth-order valence-electron chi connectivity index (χ4n) is 3.25. The monoisotopic (exact) mass is 420 g/mol.